The molecule has 0 bridgehead atoms. The van der Waals surface area contributed by atoms with E-state index in [1.54, 1.807) is 0 Å². The van der Waals surface area contributed by atoms with Crippen molar-refractivity contribution in [3.63, 3.8) is 0 Å². The first-order valence-corrected chi connectivity index (χ1v) is 5.40. The molecule has 2 aromatic rings. The van der Waals surface area contributed by atoms with Crippen LogP contribution in [0.15, 0.2) is 28.9 Å². The Balaban J connectivity index is 1.98. The number of nitrogens with one attached hydrogen (secondary N) is 1. The molecule has 20 heavy (non-hydrogen) atoms. The van der Waals surface area contributed by atoms with Crippen molar-refractivity contribution in [2.75, 3.05) is 5.73 Å². The van der Waals surface area contributed by atoms with Crippen LogP contribution in [0, 0.1) is 0 Å². The Morgan fingerprint density at radius 3 is 2.40 bits per heavy atom. The molecule has 0 saturated heterocycles. The summed E-state index contributed by atoms with van der Waals surface area (Å²) >= 11 is 0. The molecule has 1 heterocycles. The number of rotatable bonds is 3. The number of nitrogen functional groups attached to an aromatic ring is 1. The molecule has 0 atom stereocenters. The van der Waals surface area contributed by atoms with Crippen LogP contribution in [-0.2, 0) is 12.7 Å². The van der Waals surface area contributed by atoms with Gasteiger partial charge in [-0.2, -0.15) is 13.2 Å². The Labute approximate surface area is 110 Å². The summed E-state index contributed by atoms with van der Waals surface area (Å²) in [6, 6.07) is 4.42. The highest BCUT2D eigenvalue weighted by Gasteiger charge is 2.29. The average molecular weight is 286 g/mol. The highest BCUT2D eigenvalue weighted by molar-refractivity contribution is 5.95. The number of nitrogens with zero attached hydrogens (tertiary/aromatic N) is 2. The van der Waals surface area contributed by atoms with Crippen LogP contribution in [0.2, 0.25) is 0 Å². The van der Waals surface area contributed by atoms with E-state index >= 15 is 0 Å². The lowest BCUT2D eigenvalue weighted by molar-refractivity contribution is -0.137. The number of carbonyl (C=O) groups is 1. The minimum absolute atomic E-state index is 0.0310. The summed E-state index contributed by atoms with van der Waals surface area (Å²) in [4.78, 5) is 11.6. The number of carbonyl (C=O) groups excluding carboxylic acids is 1. The lowest BCUT2D eigenvalue weighted by atomic mass is 10.1. The Kier molecular flexibility index (Phi) is 3.59. The molecule has 0 saturated carbocycles. The summed E-state index contributed by atoms with van der Waals surface area (Å²) in [6.45, 7) is 0.0310. The van der Waals surface area contributed by atoms with E-state index in [-0.39, 0.29) is 18.1 Å². The zero-order valence-electron chi connectivity index (χ0n) is 9.94. The molecule has 0 aliphatic carbocycles. The summed E-state index contributed by atoms with van der Waals surface area (Å²) in [5.74, 6) is -0.779. The fourth-order valence-corrected chi connectivity index (χ4v) is 1.43. The highest BCUT2D eigenvalue weighted by atomic mass is 19.4. The van der Waals surface area contributed by atoms with Crippen molar-refractivity contribution < 1.29 is 22.6 Å². The monoisotopic (exact) mass is 286 g/mol. The largest absolute Gasteiger partial charge is 0.416 e. The van der Waals surface area contributed by atoms with Gasteiger partial charge in [-0.25, -0.2) is 4.63 Å². The number of amides is 1. The van der Waals surface area contributed by atoms with Gasteiger partial charge in [0.1, 0.15) is 0 Å². The molecule has 2 rings (SSSR count). The van der Waals surface area contributed by atoms with Gasteiger partial charge in [0, 0.05) is 6.54 Å². The molecular weight excluding hydrogens is 277 g/mol. The van der Waals surface area contributed by atoms with Crippen LogP contribution < -0.4 is 11.1 Å². The Morgan fingerprint density at radius 2 is 1.90 bits per heavy atom. The van der Waals surface area contributed by atoms with Gasteiger partial charge in [0.15, 0.2) is 0 Å². The van der Waals surface area contributed by atoms with Gasteiger partial charge in [-0.3, -0.25) is 4.79 Å². The Hall–Kier alpha value is -2.58. The summed E-state index contributed by atoms with van der Waals surface area (Å²) in [5, 5.41) is 8.98. The first-order chi connectivity index (χ1) is 9.38. The van der Waals surface area contributed by atoms with E-state index < -0.39 is 17.6 Å². The maximum atomic E-state index is 12.4. The van der Waals surface area contributed by atoms with E-state index in [0.717, 1.165) is 12.1 Å². The summed E-state index contributed by atoms with van der Waals surface area (Å²) in [7, 11) is 0. The zero-order chi connectivity index (χ0) is 14.8. The summed E-state index contributed by atoms with van der Waals surface area (Å²) < 4.78 is 41.3. The lowest BCUT2D eigenvalue weighted by Gasteiger charge is -2.08. The Morgan fingerprint density at radius 1 is 1.25 bits per heavy atom. The molecule has 0 spiro atoms. The molecular formula is C11H9F3N4O2. The van der Waals surface area contributed by atoms with Gasteiger partial charge in [0.2, 0.25) is 11.5 Å². The number of aromatic nitrogens is 2. The SMILES string of the molecule is Nc1nonc1C(=O)NCc1ccc(C(F)(F)F)cc1. The first-order valence-electron chi connectivity index (χ1n) is 5.40. The standard InChI is InChI=1S/C11H9F3N4O2/c12-11(13,14)7-3-1-6(2-4-7)5-16-10(19)8-9(15)18-20-17-8/h1-4H,5H2,(H2,15,18)(H,16,19). The first kappa shape index (κ1) is 13.8. The van der Waals surface area contributed by atoms with Crippen LogP contribution in [0.1, 0.15) is 21.6 Å². The van der Waals surface area contributed by atoms with E-state index in [9.17, 15) is 18.0 Å². The second-order valence-corrected chi connectivity index (χ2v) is 3.88. The van der Waals surface area contributed by atoms with Gasteiger partial charge in [-0.15, -0.1) is 0 Å². The number of alkyl halides is 3. The number of hydrogen-bond donors (Lipinski definition) is 2. The van der Waals surface area contributed by atoms with Crippen LogP contribution in [0.3, 0.4) is 0 Å². The normalized spacial score (nSPS) is 11.3. The minimum atomic E-state index is -4.39. The number of benzene rings is 1. The molecule has 6 nitrogen and oxygen atoms in total. The molecule has 9 heteroatoms. The maximum Gasteiger partial charge on any atom is 0.416 e. The zero-order valence-corrected chi connectivity index (χ0v) is 9.94. The van der Waals surface area contributed by atoms with Crippen molar-refractivity contribution in [3.8, 4) is 0 Å². The van der Waals surface area contributed by atoms with Gasteiger partial charge in [-0.1, -0.05) is 12.1 Å². The second-order valence-electron chi connectivity index (χ2n) is 3.88. The third kappa shape index (κ3) is 3.05. The molecule has 1 aromatic carbocycles. The van der Waals surface area contributed by atoms with Crippen molar-refractivity contribution >= 4 is 11.7 Å². The smallest absolute Gasteiger partial charge is 0.379 e. The van der Waals surface area contributed by atoms with E-state index in [1.807, 2.05) is 0 Å². The van der Waals surface area contributed by atoms with Gasteiger partial charge in [0.05, 0.1) is 5.56 Å². The van der Waals surface area contributed by atoms with Crippen LogP contribution in [-0.4, -0.2) is 16.2 Å². The number of nitrogens with two attached hydrogens (primary N) is 1. The molecule has 1 amide bonds. The third-order valence-electron chi connectivity index (χ3n) is 2.46. The van der Waals surface area contributed by atoms with Crippen molar-refractivity contribution in [2.45, 2.75) is 12.7 Å². The van der Waals surface area contributed by atoms with E-state index in [2.05, 4.69) is 20.3 Å². The van der Waals surface area contributed by atoms with Crippen molar-refractivity contribution in [1.82, 2.24) is 15.6 Å². The maximum absolute atomic E-state index is 12.4. The van der Waals surface area contributed by atoms with Gasteiger partial charge in [0.25, 0.3) is 5.91 Å². The lowest BCUT2D eigenvalue weighted by Crippen LogP contribution is -2.24. The predicted molar refractivity (Wildman–Crippen MR) is 61.3 cm³/mol. The fraction of sp³-hybridized carbons (Fsp3) is 0.182. The van der Waals surface area contributed by atoms with Crippen LogP contribution in [0.25, 0.3) is 0 Å². The summed E-state index contributed by atoms with van der Waals surface area (Å²) in [6.07, 6.45) is -4.39. The highest BCUT2D eigenvalue weighted by Crippen LogP contribution is 2.29. The van der Waals surface area contributed by atoms with Crippen LogP contribution in [0.4, 0.5) is 19.0 Å². The van der Waals surface area contributed by atoms with Crippen molar-refractivity contribution in [3.05, 3.63) is 41.1 Å². The molecule has 0 radical (unpaired) electrons. The molecule has 0 unspecified atom stereocenters. The van der Waals surface area contributed by atoms with Crippen LogP contribution >= 0.6 is 0 Å². The number of hydrogen-bond acceptors (Lipinski definition) is 5. The number of anilines is 1. The topological polar surface area (TPSA) is 94.0 Å². The molecule has 1 aromatic heterocycles. The van der Waals surface area contributed by atoms with E-state index in [1.165, 1.54) is 12.1 Å². The van der Waals surface area contributed by atoms with E-state index in [4.69, 9.17) is 5.73 Å². The fourth-order valence-electron chi connectivity index (χ4n) is 1.43. The van der Waals surface area contributed by atoms with Crippen molar-refractivity contribution in [1.29, 1.82) is 0 Å². The van der Waals surface area contributed by atoms with Gasteiger partial charge in [-0.05, 0) is 28.0 Å². The second kappa shape index (κ2) is 5.19. The van der Waals surface area contributed by atoms with Crippen molar-refractivity contribution in [2.24, 2.45) is 0 Å². The third-order valence-corrected chi connectivity index (χ3v) is 2.46. The van der Waals surface area contributed by atoms with Gasteiger partial charge < -0.3 is 11.1 Å². The van der Waals surface area contributed by atoms with E-state index in [0.29, 0.717) is 5.56 Å². The molecule has 3 N–H and O–H groups in total. The average Bonchev–Trinajstić information content (AvgIpc) is 2.82. The predicted octanol–water partition coefficient (Wildman–Crippen LogP) is 1.60. The molecule has 0 aliphatic rings. The number of halogens is 3. The molecule has 0 fully saturated rings. The molecule has 106 valence electrons. The summed E-state index contributed by atoms with van der Waals surface area (Å²) in [5.41, 5.74) is 4.90. The quantitative estimate of drug-likeness (QED) is 0.893. The Bertz CT molecular complexity index is 607. The molecule has 0 aliphatic heterocycles. The van der Waals surface area contributed by atoms with Crippen LogP contribution in [0.5, 0.6) is 0 Å². The minimum Gasteiger partial charge on any atom is -0.379 e. The van der Waals surface area contributed by atoms with Gasteiger partial charge >= 0.3 is 6.18 Å².